The summed E-state index contributed by atoms with van der Waals surface area (Å²) in [7, 11) is 0. The van der Waals surface area contributed by atoms with Gasteiger partial charge >= 0.3 is 0 Å². The summed E-state index contributed by atoms with van der Waals surface area (Å²) in [6.07, 6.45) is 1.69. The van der Waals surface area contributed by atoms with Crippen molar-refractivity contribution in [3.05, 3.63) is 72.2 Å². The van der Waals surface area contributed by atoms with E-state index in [4.69, 9.17) is 4.42 Å². The Morgan fingerprint density at radius 3 is 2.63 bits per heavy atom. The first-order valence-corrected chi connectivity index (χ1v) is 9.14. The van der Waals surface area contributed by atoms with Crippen LogP contribution in [0.1, 0.15) is 11.6 Å². The van der Waals surface area contributed by atoms with Gasteiger partial charge in [-0.3, -0.25) is 0 Å². The number of aromatic nitrogens is 3. The van der Waals surface area contributed by atoms with Crippen molar-refractivity contribution in [3.63, 3.8) is 0 Å². The van der Waals surface area contributed by atoms with Gasteiger partial charge in [0, 0.05) is 6.08 Å². The van der Waals surface area contributed by atoms with Crippen molar-refractivity contribution in [2.75, 3.05) is 0 Å². The maximum Gasteiger partial charge on any atom is 0.163 e. The number of H-pyrrole nitrogens is 1. The molecule has 128 valence electrons. The number of hydrogen-bond acceptors (Lipinski definition) is 5. The van der Waals surface area contributed by atoms with Crippen molar-refractivity contribution in [2.45, 2.75) is 0 Å². The van der Waals surface area contributed by atoms with E-state index in [2.05, 4.69) is 21.0 Å². The fraction of sp³-hybridized carbons (Fsp3) is 0. The van der Waals surface area contributed by atoms with E-state index in [1.165, 1.54) is 0 Å². The number of thiazole rings is 1. The minimum atomic E-state index is 0.413. The van der Waals surface area contributed by atoms with Crippen molar-refractivity contribution < 1.29 is 4.42 Å². The zero-order chi connectivity index (χ0) is 18.2. The molecular formula is C21H12N4OS. The number of hydrogen-bond donors (Lipinski definition) is 1. The maximum absolute atomic E-state index is 9.55. The van der Waals surface area contributed by atoms with Crippen molar-refractivity contribution in [1.82, 2.24) is 15.0 Å². The molecule has 0 bridgehead atoms. The van der Waals surface area contributed by atoms with Gasteiger partial charge in [0.05, 0.1) is 26.8 Å². The number of aromatic amines is 1. The quantitative estimate of drug-likeness (QED) is 0.427. The predicted octanol–water partition coefficient (Wildman–Crippen LogP) is 5.50. The van der Waals surface area contributed by atoms with Crippen LogP contribution < -0.4 is 0 Å². The molecule has 5 aromatic rings. The number of furan rings is 1. The van der Waals surface area contributed by atoms with E-state index in [0.29, 0.717) is 22.9 Å². The number of para-hydroxylation sites is 3. The number of benzene rings is 2. The minimum absolute atomic E-state index is 0.413. The average molecular weight is 368 g/mol. The van der Waals surface area contributed by atoms with E-state index in [9.17, 15) is 5.26 Å². The third kappa shape index (κ3) is 2.80. The molecule has 0 fully saturated rings. The van der Waals surface area contributed by atoms with Gasteiger partial charge in [-0.2, -0.15) is 5.26 Å². The fourth-order valence-electron chi connectivity index (χ4n) is 2.90. The zero-order valence-corrected chi connectivity index (χ0v) is 14.8. The van der Waals surface area contributed by atoms with Crippen LogP contribution in [0.3, 0.4) is 0 Å². The summed E-state index contributed by atoms with van der Waals surface area (Å²) < 4.78 is 7.02. The molecule has 5 rings (SSSR count). The standard InChI is InChI=1S/C21H12N4OS/c22-12-13(20-23-15-5-1-2-6-16(15)24-20)11-14-9-10-18(26-14)21-25-17-7-3-4-8-19(17)27-21/h1-11H,(H,23,24). The van der Waals surface area contributed by atoms with Gasteiger partial charge in [-0.15, -0.1) is 11.3 Å². The number of rotatable bonds is 3. The fourth-order valence-corrected chi connectivity index (χ4v) is 3.83. The van der Waals surface area contributed by atoms with Gasteiger partial charge < -0.3 is 9.40 Å². The Kier molecular flexibility index (Phi) is 3.59. The van der Waals surface area contributed by atoms with Gasteiger partial charge in [0.15, 0.2) is 10.8 Å². The highest BCUT2D eigenvalue weighted by atomic mass is 32.1. The summed E-state index contributed by atoms with van der Waals surface area (Å²) >= 11 is 1.58. The molecule has 3 heterocycles. The number of nitrogens with zero attached hydrogens (tertiary/aromatic N) is 3. The number of nitrogens with one attached hydrogen (secondary N) is 1. The second-order valence-corrected chi connectivity index (χ2v) is 6.99. The molecule has 1 N–H and O–H groups in total. The lowest BCUT2D eigenvalue weighted by Gasteiger charge is -1.92. The molecule has 27 heavy (non-hydrogen) atoms. The normalized spacial score (nSPS) is 11.9. The summed E-state index contributed by atoms with van der Waals surface area (Å²) in [5, 5.41) is 10.4. The van der Waals surface area contributed by atoms with Gasteiger partial charge in [0.25, 0.3) is 0 Å². The third-order valence-corrected chi connectivity index (χ3v) is 5.23. The lowest BCUT2D eigenvalue weighted by Crippen LogP contribution is -1.84. The first-order valence-electron chi connectivity index (χ1n) is 8.33. The first-order chi connectivity index (χ1) is 13.3. The third-order valence-electron chi connectivity index (χ3n) is 4.18. The van der Waals surface area contributed by atoms with Crippen LogP contribution in [0.25, 0.3) is 43.7 Å². The maximum atomic E-state index is 9.55. The molecule has 2 aromatic carbocycles. The lowest BCUT2D eigenvalue weighted by molar-refractivity contribution is 0.571. The molecule has 0 unspecified atom stereocenters. The van der Waals surface area contributed by atoms with Gasteiger partial charge in [0.2, 0.25) is 0 Å². The van der Waals surface area contributed by atoms with E-state index in [0.717, 1.165) is 26.3 Å². The van der Waals surface area contributed by atoms with Crippen LogP contribution in [0.5, 0.6) is 0 Å². The molecule has 0 saturated carbocycles. The summed E-state index contributed by atoms with van der Waals surface area (Å²) in [4.78, 5) is 12.2. The molecule has 0 aliphatic carbocycles. The number of fused-ring (bicyclic) bond motifs is 2. The summed E-state index contributed by atoms with van der Waals surface area (Å²) in [5.41, 5.74) is 3.08. The molecule has 0 radical (unpaired) electrons. The van der Waals surface area contributed by atoms with E-state index in [-0.39, 0.29) is 0 Å². The van der Waals surface area contributed by atoms with Gasteiger partial charge in [-0.1, -0.05) is 24.3 Å². The monoisotopic (exact) mass is 368 g/mol. The molecule has 5 nitrogen and oxygen atoms in total. The van der Waals surface area contributed by atoms with Crippen LogP contribution in [0, 0.1) is 11.3 Å². The molecule has 0 aliphatic heterocycles. The van der Waals surface area contributed by atoms with Crippen LogP contribution in [0.15, 0.2) is 65.1 Å². The van der Waals surface area contributed by atoms with E-state index in [1.54, 1.807) is 17.4 Å². The van der Waals surface area contributed by atoms with Gasteiger partial charge in [0.1, 0.15) is 17.7 Å². The largest absolute Gasteiger partial charge is 0.454 e. The molecule has 0 amide bonds. The van der Waals surface area contributed by atoms with Crippen LogP contribution in [0.2, 0.25) is 0 Å². The SMILES string of the molecule is N#CC(=Cc1ccc(-c2nc3ccccc3s2)o1)c1nc2ccccc2[nH]1. The summed E-state index contributed by atoms with van der Waals surface area (Å²) in [6.45, 7) is 0. The van der Waals surface area contributed by atoms with Crippen LogP contribution in [-0.2, 0) is 0 Å². The van der Waals surface area contributed by atoms with Crippen molar-refractivity contribution in [1.29, 1.82) is 5.26 Å². The van der Waals surface area contributed by atoms with Crippen molar-refractivity contribution >= 4 is 44.2 Å². The Hall–Kier alpha value is -3.69. The zero-order valence-electron chi connectivity index (χ0n) is 14.0. The van der Waals surface area contributed by atoms with Crippen LogP contribution in [0.4, 0.5) is 0 Å². The second kappa shape index (κ2) is 6.24. The van der Waals surface area contributed by atoms with E-state index in [1.807, 2.05) is 60.7 Å². The molecule has 0 spiro atoms. The van der Waals surface area contributed by atoms with Crippen molar-refractivity contribution in [3.8, 4) is 16.8 Å². The van der Waals surface area contributed by atoms with Crippen molar-refractivity contribution in [2.24, 2.45) is 0 Å². The highest BCUT2D eigenvalue weighted by Crippen LogP contribution is 2.32. The first kappa shape index (κ1) is 15.6. The molecule has 0 saturated heterocycles. The Morgan fingerprint density at radius 2 is 1.81 bits per heavy atom. The Labute approximate surface area is 158 Å². The minimum Gasteiger partial charge on any atom is -0.454 e. The number of nitriles is 1. The van der Waals surface area contributed by atoms with Crippen LogP contribution in [-0.4, -0.2) is 15.0 Å². The molecule has 3 aromatic heterocycles. The Morgan fingerprint density at radius 1 is 1.00 bits per heavy atom. The van der Waals surface area contributed by atoms with Crippen LogP contribution >= 0.6 is 11.3 Å². The van der Waals surface area contributed by atoms with E-state index < -0.39 is 0 Å². The van der Waals surface area contributed by atoms with Gasteiger partial charge in [-0.25, -0.2) is 9.97 Å². The Balaban J connectivity index is 1.51. The number of allylic oxidation sites excluding steroid dienone is 1. The van der Waals surface area contributed by atoms with E-state index >= 15 is 0 Å². The smallest absolute Gasteiger partial charge is 0.163 e. The van der Waals surface area contributed by atoms with Gasteiger partial charge in [-0.05, 0) is 36.4 Å². The topological polar surface area (TPSA) is 78.5 Å². The average Bonchev–Trinajstić information content (AvgIpc) is 3.42. The molecule has 0 atom stereocenters. The molecule has 6 heteroatoms. The highest BCUT2D eigenvalue weighted by molar-refractivity contribution is 7.21. The molecule has 0 aliphatic rings. The summed E-state index contributed by atoms with van der Waals surface area (Å²) in [6, 6.07) is 21.6. The Bertz CT molecular complexity index is 1280. The number of imidazole rings is 1. The molecular weight excluding hydrogens is 356 g/mol. The lowest BCUT2D eigenvalue weighted by atomic mass is 10.2. The second-order valence-electron chi connectivity index (χ2n) is 5.96. The predicted molar refractivity (Wildman–Crippen MR) is 107 cm³/mol. The summed E-state index contributed by atoms with van der Waals surface area (Å²) in [5.74, 6) is 1.79. The highest BCUT2D eigenvalue weighted by Gasteiger charge is 2.12.